The van der Waals surface area contributed by atoms with Crippen LogP contribution < -0.4 is 11.0 Å². The van der Waals surface area contributed by atoms with Crippen LogP contribution in [-0.2, 0) is 0 Å². The lowest BCUT2D eigenvalue weighted by atomic mass is 10.1. The first kappa shape index (κ1) is 11.0. The first-order valence-corrected chi connectivity index (χ1v) is 4.95. The van der Waals surface area contributed by atoms with Crippen molar-refractivity contribution in [1.29, 1.82) is 0 Å². The van der Waals surface area contributed by atoms with Gasteiger partial charge in [0.1, 0.15) is 0 Å². The van der Waals surface area contributed by atoms with E-state index in [1.165, 1.54) is 13.1 Å². The Hall–Kier alpha value is -2.50. The Morgan fingerprint density at radius 2 is 2.00 bits per heavy atom. The van der Waals surface area contributed by atoms with E-state index in [4.69, 9.17) is 0 Å². The van der Waals surface area contributed by atoms with E-state index in [0.717, 1.165) is 5.69 Å². The number of hydrogen-bond donors (Lipinski definition) is 2. The van der Waals surface area contributed by atoms with Crippen LogP contribution >= 0.6 is 0 Å². The third-order valence-corrected chi connectivity index (χ3v) is 2.13. The number of nitrogens with one attached hydrogen (secondary N) is 2. The van der Waals surface area contributed by atoms with Gasteiger partial charge < -0.3 is 5.32 Å². The summed E-state index contributed by atoms with van der Waals surface area (Å²) in [5.74, 6) is 0.358. The Morgan fingerprint density at radius 1 is 1.29 bits per heavy atom. The lowest BCUT2D eigenvalue weighted by Gasteiger charge is -2.04. The van der Waals surface area contributed by atoms with Gasteiger partial charge in [-0.3, -0.25) is 4.79 Å². The van der Waals surface area contributed by atoms with Gasteiger partial charge in [0.15, 0.2) is 11.6 Å². The van der Waals surface area contributed by atoms with Crippen LogP contribution in [0.5, 0.6) is 0 Å². The van der Waals surface area contributed by atoms with Gasteiger partial charge in [0.2, 0.25) is 0 Å². The Labute approximate surface area is 96.7 Å². The highest BCUT2D eigenvalue weighted by Crippen LogP contribution is 2.13. The van der Waals surface area contributed by atoms with Crippen LogP contribution in [-0.4, -0.2) is 21.0 Å². The minimum Gasteiger partial charge on any atom is -0.339 e. The fourth-order valence-corrected chi connectivity index (χ4v) is 1.31. The molecule has 2 N–H and O–H groups in total. The molecule has 0 fully saturated rings. The van der Waals surface area contributed by atoms with Crippen LogP contribution in [0.4, 0.5) is 11.5 Å². The molecule has 6 heteroatoms. The molecule has 0 aliphatic heterocycles. The summed E-state index contributed by atoms with van der Waals surface area (Å²) < 4.78 is 0. The highest BCUT2D eigenvalue weighted by Gasteiger charge is 2.00. The summed E-state index contributed by atoms with van der Waals surface area (Å²) in [6.45, 7) is 1.50. The smallest absolute Gasteiger partial charge is 0.339 e. The van der Waals surface area contributed by atoms with Gasteiger partial charge in [0, 0.05) is 11.3 Å². The second kappa shape index (κ2) is 4.56. The van der Waals surface area contributed by atoms with Crippen molar-refractivity contribution in [2.75, 3.05) is 5.32 Å². The molecule has 0 atom stereocenters. The molecular formula is C11H10N4O2. The van der Waals surface area contributed by atoms with Gasteiger partial charge in [-0.1, -0.05) is 0 Å². The third-order valence-electron chi connectivity index (χ3n) is 2.13. The molecule has 0 amide bonds. The van der Waals surface area contributed by atoms with Crippen LogP contribution in [0.15, 0.2) is 35.3 Å². The largest absolute Gasteiger partial charge is 0.363 e. The highest BCUT2D eigenvalue weighted by atomic mass is 16.1. The van der Waals surface area contributed by atoms with Crippen molar-refractivity contribution in [3.05, 3.63) is 46.5 Å². The number of aromatic amines is 1. The molecule has 0 unspecified atom stereocenters. The van der Waals surface area contributed by atoms with E-state index < -0.39 is 5.69 Å². The predicted octanol–water partition coefficient (Wildman–Crippen LogP) is 1.11. The molecule has 0 bridgehead atoms. The Kier molecular flexibility index (Phi) is 2.95. The van der Waals surface area contributed by atoms with Crippen LogP contribution in [0.1, 0.15) is 17.3 Å². The number of hydrogen-bond acceptors (Lipinski definition) is 5. The molecule has 0 spiro atoms. The minimum atomic E-state index is -0.518. The fourth-order valence-electron chi connectivity index (χ4n) is 1.31. The topological polar surface area (TPSA) is 87.7 Å². The van der Waals surface area contributed by atoms with E-state index in [0.29, 0.717) is 11.4 Å². The van der Waals surface area contributed by atoms with Crippen molar-refractivity contribution >= 4 is 17.3 Å². The van der Waals surface area contributed by atoms with Crippen molar-refractivity contribution in [2.45, 2.75) is 6.92 Å². The predicted molar refractivity (Wildman–Crippen MR) is 62.4 cm³/mol. The van der Waals surface area contributed by atoms with Gasteiger partial charge in [-0.25, -0.2) is 9.89 Å². The summed E-state index contributed by atoms with van der Waals surface area (Å²) in [5.41, 5.74) is 0.845. The first-order valence-electron chi connectivity index (χ1n) is 4.95. The molecule has 0 aliphatic carbocycles. The molecule has 2 aromatic rings. The number of rotatable bonds is 3. The van der Waals surface area contributed by atoms with Gasteiger partial charge in [-0.05, 0) is 31.2 Å². The van der Waals surface area contributed by atoms with Crippen molar-refractivity contribution < 1.29 is 4.79 Å². The third kappa shape index (κ3) is 2.75. The number of carbonyl (C=O) groups is 1. The van der Waals surface area contributed by atoms with E-state index in [1.54, 1.807) is 24.3 Å². The number of H-pyrrole nitrogens is 1. The number of aromatic nitrogens is 3. The van der Waals surface area contributed by atoms with Crippen molar-refractivity contribution in [3.63, 3.8) is 0 Å². The fraction of sp³-hybridized carbons (Fsp3) is 0.0909. The first-order chi connectivity index (χ1) is 8.15. The second-order valence-corrected chi connectivity index (χ2v) is 3.43. The molecule has 0 saturated carbocycles. The van der Waals surface area contributed by atoms with Gasteiger partial charge in [-0.2, -0.15) is 10.1 Å². The van der Waals surface area contributed by atoms with Crippen LogP contribution in [0.3, 0.4) is 0 Å². The maximum Gasteiger partial charge on any atom is 0.363 e. The molecular weight excluding hydrogens is 220 g/mol. The Morgan fingerprint density at radius 3 is 2.59 bits per heavy atom. The van der Waals surface area contributed by atoms with Gasteiger partial charge >= 0.3 is 5.69 Å². The van der Waals surface area contributed by atoms with Gasteiger partial charge in [0.25, 0.3) is 0 Å². The Bertz CT molecular complexity index is 589. The maximum atomic E-state index is 11.1. The molecule has 2 rings (SSSR count). The number of ketones is 1. The summed E-state index contributed by atoms with van der Waals surface area (Å²) >= 11 is 0. The van der Waals surface area contributed by atoms with E-state index in [9.17, 15) is 9.59 Å². The average molecular weight is 230 g/mol. The summed E-state index contributed by atoms with van der Waals surface area (Å²) in [6.07, 6.45) is 1.40. The minimum absolute atomic E-state index is 0.00694. The molecule has 17 heavy (non-hydrogen) atoms. The van der Waals surface area contributed by atoms with Crippen molar-refractivity contribution in [3.8, 4) is 0 Å². The summed E-state index contributed by atoms with van der Waals surface area (Å²) in [6, 6.07) is 6.87. The molecule has 1 aromatic carbocycles. The van der Waals surface area contributed by atoms with Crippen molar-refractivity contribution in [1.82, 2.24) is 15.2 Å². The number of benzene rings is 1. The second-order valence-electron chi connectivity index (χ2n) is 3.43. The SMILES string of the molecule is CC(=O)c1ccc(Nc2cn[nH]c(=O)n2)cc1. The molecule has 1 aromatic heterocycles. The monoisotopic (exact) mass is 230 g/mol. The molecule has 0 radical (unpaired) electrons. The zero-order valence-electron chi connectivity index (χ0n) is 9.10. The molecule has 1 heterocycles. The average Bonchev–Trinajstić information content (AvgIpc) is 2.29. The van der Waals surface area contributed by atoms with E-state index in [1.807, 2.05) is 0 Å². The molecule has 0 aliphatic rings. The normalized spacial score (nSPS) is 9.94. The summed E-state index contributed by atoms with van der Waals surface area (Å²) in [5, 5.41) is 8.70. The molecule has 86 valence electrons. The number of Topliss-reactive ketones (excluding diaryl/α,β-unsaturated/α-hetero) is 1. The van der Waals surface area contributed by atoms with Crippen LogP contribution in [0.25, 0.3) is 0 Å². The van der Waals surface area contributed by atoms with E-state index in [2.05, 4.69) is 20.5 Å². The van der Waals surface area contributed by atoms with Gasteiger partial charge in [0.05, 0.1) is 6.20 Å². The highest BCUT2D eigenvalue weighted by molar-refractivity contribution is 5.94. The molecule has 0 saturated heterocycles. The van der Waals surface area contributed by atoms with Crippen LogP contribution in [0.2, 0.25) is 0 Å². The van der Waals surface area contributed by atoms with Gasteiger partial charge in [-0.15, -0.1) is 0 Å². The standard InChI is InChI=1S/C11H10N4O2/c1-7(16)8-2-4-9(5-3-8)13-10-6-12-15-11(17)14-10/h2-6H,1H3,(H2,13,14,15,17). The van der Waals surface area contributed by atoms with Crippen molar-refractivity contribution in [2.24, 2.45) is 0 Å². The summed E-state index contributed by atoms with van der Waals surface area (Å²) in [7, 11) is 0. The lowest BCUT2D eigenvalue weighted by molar-refractivity contribution is 0.101. The van der Waals surface area contributed by atoms with E-state index in [-0.39, 0.29) is 5.78 Å². The Balaban J connectivity index is 2.19. The number of anilines is 2. The zero-order valence-corrected chi connectivity index (χ0v) is 9.10. The maximum absolute atomic E-state index is 11.1. The molecule has 6 nitrogen and oxygen atoms in total. The number of nitrogens with zero attached hydrogens (tertiary/aromatic N) is 2. The number of carbonyl (C=O) groups excluding carboxylic acids is 1. The van der Waals surface area contributed by atoms with Crippen LogP contribution in [0, 0.1) is 0 Å². The zero-order chi connectivity index (χ0) is 12.3. The lowest BCUT2D eigenvalue weighted by Crippen LogP contribution is -2.13. The quantitative estimate of drug-likeness (QED) is 0.771. The van der Waals surface area contributed by atoms with E-state index >= 15 is 0 Å². The summed E-state index contributed by atoms with van der Waals surface area (Å²) in [4.78, 5) is 25.7.